The van der Waals surface area contributed by atoms with Crippen molar-refractivity contribution >= 4 is 0 Å². The minimum absolute atomic E-state index is 0.145. The van der Waals surface area contributed by atoms with E-state index in [1.54, 1.807) is 0 Å². The Balaban J connectivity index is 2.02. The zero-order valence-electron chi connectivity index (χ0n) is 13.7. The van der Waals surface area contributed by atoms with Crippen LogP contribution in [0.15, 0.2) is 24.3 Å². The van der Waals surface area contributed by atoms with E-state index in [1.807, 2.05) is 19.1 Å². The Morgan fingerprint density at radius 1 is 1.27 bits per heavy atom. The maximum Gasteiger partial charge on any atom is 0.126 e. The van der Waals surface area contributed by atoms with Gasteiger partial charge in [-0.1, -0.05) is 26.0 Å². The lowest BCUT2D eigenvalue weighted by Gasteiger charge is -2.39. The van der Waals surface area contributed by atoms with Crippen molar-refractivity contribution in [3.05, 3.63) is 35.4 Å². The Labute approximate surface area is 132 Å². The van der Waals surface area contributed by atoms with Crippen LogP contribution in [-0.4, -0.2) is 22.9 Å². The zero-order chi connectivity index (χ0) is 15.9. The molecule has 0 spiro atoms. The minimum atomic E-state index is -0.259. The van der Waals surface area contributed by atoms with Crippen LogP contribution in [0, 0.1) is 5.92 Å². The summed E-state index contributed by atoms with van der Waals surface area (Å²) in [5.41, 5.74) is 1.81. The third-order valence-electron chi connectivity index (χ3n) is 5.24. The molecule has 1 aliphatic carbocycles. The molecule has 0 radical (unpaired) electrons. The molecule has 1 fully saturated rings. The third-order valence-corrected chi connectivity index (χ3v) is 5.24. The van der Waals surface area contributed by atoms with Crippen molar-refractivity contribution in [2.24, 2.45) is 5.92 Å². The number of aromatic hydroxyl groups is 1. The second kappa shape index (κ2) is 5.62. The maximum atomic E-state index is 10.6. The molecule has 1 aliphatic heterocycles. The summed E-state index contributed by atoms with van der Waals surface area (Å²) < 4.78 is 5.96. The van der Waals surface area contributed by atoms with Crippen molar-refractivity contribution in [3.63, 3.8) is 0 Å². The van der Waals surface area contributed by atoms with Gasteiger partial charge in [-0.15, -0.1) is 0 Å². The van der Waals surface area contributed by atoms with Gasteiger partial charge in [0, 0.05) is 16.9 Å². The number of ether oxygens (including phenoxy) is 1. The van der Waals surface area contributed by atoms with Gasteiger partial charge in [-0.3, -0.25) is 0 Å². The molecule has 1 aromatic carbocycles. The number of aliphatic hydroxyl groups is 1. The minimum Gasteiger partial charge on any atom is -0.508 e. The van der Waals surface area contributed by atoms with Crippen molar-refractivity contribution in [1.29, 1.82) is 0 Å². The van der Waals surface area contributed by atoms with Crippen LogP contribution in [-0.2, 0) is 5.41 Å². The molecular formula is C19H26O3. The number of phenols is 1. The van der Waals surface area contributed by atoms with Crippen LogP contribution in [0.2, 0.25) is 0 Å². The van der Waals surface area contributed by atoms with Crippen LogP contribution in [0.1, 0.15) is 57.1 Å². The van der Waals surface area contributed by atoms with Crippen molar-refractivity contribution in [2.45, 2.75) is 57.5 Å². The highest BCUT2D eigenvalue weighted by Crippen LogP contribution is 2.50. The molecule has 1 heterocycles. The molecular weight excluding hydrogens is 276 g/mol. The summed E-state index contributed by atoms with van der Waals surface area (Å²) in [4.78, 5) is 0. The first kappa shape index (κ1) is 15.4. The first-order valence-electron chi connectivity index (χ1n) is 8.24. The quantitative estimate of drug-likeness (QED) is 0.815. The maximum absolute atomic E-state index is 10.6. The molecule has 0 saturated heterocycles. The second-order valence-corrected chi connectivity index (χ2v) is 7.27. The molecule has 1 aromatic rings. The van der Waals surface area contributed by atoms with E-state index in [2.05, 4.69) is 26.0 Å². The monoisotopic (exact) mass is 302 g/mol. The standard InChI is InChI=1S/C19H26O3/c1-4-7-19(2,3)13-8-16(21)18-15-10-14(20)6-5-12(15)11-22-17(18)9-13/h4,7-9,12,14-15,20-21H,5-6,10-11H2,1-3H3. The number of phenolic OH excluding ortho intramolecular Hbond substituents is 1. The van der Waals surface area contributed by atoms with Gasteiger partial charge < -0.3 is 14.9 Å². The molecule has 2 N–H and O–H groups in total. The Kier molecular flexibility index (Phi) is 3.94. The lowest BCUT2D eigenvalue weighted by Crippen LogP contribution is -2.33. The molecule has 1 saturated carbocycles. The summed E-state index contributed by atoms with van der Waals surface area (Å²) in [6.45, 7) is 6.95. The van der Waals surface area contributed by atoms with Gasteiger partial charge in [0.15, 0.2) is 0 Å². The first-order valence-corrected chi connectivity index (χ1v) is 8.24. The second-order valence-electron chi connectivity index (χ2n) is 7.27. The molecule has 0 aromatic heterocycles. The van der Waals surface area contributed by atoms with Gasteiger partial charge >= 0.3 is 0 Å². The van der Waals surface area contributed by atoms with Gasteiger partial charge in [0.05, 0.1) is 12.7 Å². The Hall–Kier alpha value is -1.48. The third kappa shape index (κ3) is 2.63. The number of hydrogen-bond acceptors (Lipinski definition) is 3. The molecule has 120 valence electrons. The van der Waals surface area contributed by atoms with E-state index in [1.165, 1.54) is 0 Å². The lowest BCUT2D eigenvalue weighted by atomic mass is 9.72. The van der Waals surface area contributed by atoms with E-state index in [0.29, 0.717) is 18.3 Å². The number of aliphatic hydroxyl groups excluding tert-OH is 1. The van der Waals surface area contributed by atoms with Gasteiger partial charge in [0.25, 0.3) is 0 Å². The van der Waals surface area contributed by atoms with Crippen LogP contribution in [0.5, 0.6) is 11.5 Å². The van der Waals surface area contributed by atoms with Crippen LogP contribution < -0.4 is 4.74 Å². The van der Waals surface area contributed by atoms with E-state index < -0.39 is 0 Å². The van der Waals surface area contributed by atoms with Crippen molar-refractivity contribution in [3.8, 4) is 11.5 Å². The molecule has 3 nitrogen and oxygen atoms in total. The highest BCUT2D eigenvalue weighted by molar-refractivity contribution is 5.53. The Bertz CT molecular complexity index is 589. The molecule has 3 atom stereocenters. The molecule has 3 unspecified atom stereocenters. The van der Waals surface area contributed by atoms with Gasteiger partial charge in [0.2, 0.25) is 0 Å². The predicted octanol–water partition coefficient (Wildman–Crippen LogP) is 3.88. The average Bonchev–Trinajstić information content (AvgIpc) is 2.46. The zero-order valence-corrected chi connectivity index (χ0v) is 13.7. The fourth-order valence-electron chi connectivity index (χ4n) is 3.95. The van der Waals surface area contributed by atoms with Crippen LogP contribution in [0.4, 0.5) is 0 Å². The van der Waals surface area contributed by atoms with Gasteiger partial charge in [-0.2, -0.15) is 0 Å². The van der Waals surface area contributed by atoms with Crippen molar-refractivity contribution in [1.82, 2.24) is 0 Å². The fraction of sp³-hybridized carbons (Fsp3) is 0.579. The first-order chi connectivity index (χ1) is 10.4. The van der Waals surface area contributed by atoms with Crippen LogP contribution in [0.3, 0.4) is 0 Å². The summed E-state index contributed by atoms with van der Waals surface area (Å²) in [6, 6.07) is 3.93. The van der Waals surface area contributed by atoms with Gasteiger partial charge in [0.1, 0.15) is 11.5 Å². The molecule has 3 rings (SSSR count). The molecule has 2 aliphatic rings. The topological polar surface area (TPSA) is 49.7 Å². The Morgan fingerprint density at radius 3 is 2.77 bits per heavy atom. The summed E-state index contributed by atoms with van der Waals surface area (Å²) in [5, 5.41) is 20.6. The van der Waals surface area contributed by atoms with Crippen molar-refractivity contribution < 1.29 is 14.9 Å². The smallest absolute Gasteiger partial charge is 0.126 e. The SMILES string of the molecule is CC=CC(C)(C)c1cc(O)c2c(c1)OCC1CCC(O)CC21. The van der Waals surface area contributed by atoms with E-state index in [-0.39, 0.29) is 17.4 Å². The van der Waals surface area contributed by atoms with Gasteiger partial charge in [-0.25, -0.2) is 0 Å². The predicted molar refractivity (Wildman–Crippen MR) is 87.5 cm³/mol. The highest BCUT2D eigenvalue weighted by atomic mass is 16.5. The number of allylic oxidation sites excluding steroid dienone is 2. The van der Waals surface area contributed by atoms with Crippen molar-refractivity contribution in [2.75, 3.05) is 6.61 Å². The molecule has 0 amide bonds. The normalized spacial score (nSPS) is 28.1. The number of hydrogen-bond donors (Lipinski definition) is 2. The van der Waals surface area contributed by atoms with Crippen LogP contribution >= 0.6 is 0 Å². The lowest BCUT2D eigenvalue weighted by molar-refractivity contribution is 0.0627. The summed E-state index contributed by atoms with van der Waals surface area (Å²) in [7, 11) is 0. The number of rotatable bonds is 2. The molecule has 0 bridgehead atoms. The Morgan fingerprint density at radius 2 is 2.05 bits per heavy atom. The summed E-state index contributed by atoms with van der Waals surface area (Å²) in [5.74, 6) is 1.74. The van der Waals surface area contributed by atoms with E-state index in [9.17, 15) is 10.2 Å². The molecule has 3 heteroatoms. The van der Waals surface area contributed by atoms with E-state index in [0.717, 1.165) is 36.1 Å². The average molecular weight is 302 g/mol. The summed E-state index contributed by atoms with van der Waals surface area (Å²) >= 11 is 0. The fourth-order valence-corrected chi connectivity index (χ4v) is 3.95. The molecule has 22 heavy (non-hydrogen) atoms. The van der Waals surface area contributed by atoms with Crippen LogP contribution in [0.25, 0.3) is 0 Å². The largest absolute Gasteiger partial charge is 0.508 e. The highest BCUT2D eigenvalue weighted by Gasteiger charge is 2.38. The number of fused-ring (bicyclic) bond motifs is 3. The summed E-state index contributed by atoms with van der Waals surface area (Å²) in [6.07, 6.45) is 6.44. The van der Waals surface area contributed by atoms with E-state index >= 15 is 0 Å². The van der Waals surface area contributed by atoms with E-state index in [4.69, 9.17) is 4.74 Å². The number of benzene rings is 1. The van der Waals surface area contributed by atoms with Gasteiger partial charge in [-0.05, 0) is 49.8 Å².